The van der Waals surface area contributed by atoms with Gasteiger partial charge in [-0.15, -0.1) is 0 Å². The summed E-state index contributed by atoms with van der Waals surface area (Å²) in [5, 5.41) is 2.58. The zero-order valence-electron chi connectivity index (χ0n) is 12.4. The first kappa shape index (κ1) is 18.1. The van der Waals surface area contributed by atoms with Crippen LogP contribution in [0.2, 0.25) is 5.02 Å². The van der Waals surface area contributed by atoms with Crippen LogP contribution >= 0.6 is 11.6 Å². The highest BCUT2D eigenvalue weighted by Crippen LogP contribution is 2.34. The number of halogens is 5. The topological polar surface area (TPSA) is 38.3 Å². The summed E-state index contributed by atoms with van der Waals surface area (Å²) in [4.78, 5) is 11.9. The molecule has 128 valence electrons. The first-order chi connectivity index (χ1) is 11.2. The molecule has 1 N–H and O–H groups in total. The van der Waals surface area contributed by atoms with E-state index in [0.29, 0.717) is 0 Å². The summed E-state index contributed by atoms with van der Waals surface area (Å²) in [7, 11) is 0. The van der Waals surface area contributed by atoms with Gasteiger partial charge in [0.15, 0.2) is 0 Å². The molecule has 0 radical (unpaired) electrons. The maximum atomic E-state index is 13.1. The Morgan fingerprint density at radius 2 is 1.88 bits per heavy atom. The normalized spacial score (nSPS) is 11.2. The fraction of sp³-hybridized carbons (Fsp3) is 0.188. The molecular weight excluding hydrogens is 350 g/mol. The fourth-order valence-electron chi connectivity index (χ4n) is 1.95. The second-order valence-corrected chi connectivity index (χ2v) is 5.13. The number of rotatable bonds is 4. The van der Waals surface area contributed by atoms with Crippen molar-refractivity contribution in [2.45, 2.75) is 13.1 Å². The Bertz CT molecular complexity index is 762. The van der Waals surface area contributed by atoms with E-state index in [9.17, 15) is 22.4 Å². The molecule has 0 fully saturated rings. The van der Waals surface area contributed by atoms with Crippen molar-refractivity contribution in [1.29, 1.82) is 0 Å². The van der Waals surface area contributed by atoms with Crippen LogP contribution in [0.3, 0.4) is 0 Å². The van der Waals surface area contributed by atoms with Crippen molar-refractivity contribution in [2.75, 3.05) is 11.9 Å². The molecule has 0 spiro atoms. The van der Waals surface area contributed by atoms with Crippen molar-refractivity contribution in [1.82, 2.24) is 0 Å². The quantitative estimate of drug-likeness (QED) is 0.584. The second-order valence-electron chi connectivity index (χ2n) is 4.73. The van der Waals surface area contributed by atoms with Gasteiger partial charge in [-0.05, 0) is 43.3 Å². The van der Waals surface area contributed by atoms with Crippen LogP contribution in [0.15, 0.2) is 36.4 Å². The fourth-order valence-corrected chi connectivity index (χ4v) is 2.16. The lowest BCUT2D eigenvalue weighted by Gasteiger charge is -2.15. The Morgan fingerprint density at radius 3 is 2.46 bits per heavy atom. The van der Waals surface area contributed by atoms with Crippen molar-refractivity contribution in [3.8, 4) is 0 Å². The van der Waals surface area contributed by atoms with Crippen LogP contribution < -0.4 is 5.32 Å². The lowest BCUT2D eigenvalue weighted by atomic mass is 10.1. The van der Waals surface area contributed by atoms with Gasteiger partial charge in [0, 0.05) is 0 Å². The smallest absolute Gasteiger partial charge is 0.416 e. The van der Waals surface area contributed by atoms with Gasteiger partial charge in [-0.3, -0.25) is 0 Å². The second kappa shape index (κ2) is 7.09. The van der Waals surface area contributed by atoms with E-state index in [1.807, 2.05) is 0 Å². The number of benzene rings is 2. The van der Waals surface area contributed by atoms with Crippen molar-refractivity contribution < 1.29 is 27.1 Å². The van der Waals surface area contributed by atoms with Gasteiger partial charge >= 0.3 is 12.1 Å². The lowest BCUT2D eigenvalue weighted by molar-refractivity contribution is -0.137. The van der Waals surface area contributed by atoms with Crippen molar-refractivity contribution in [3.63, 3.8) is 0 Å². The number of anilines is 2. The van der Waals surface area contributed by atoms with E-state index < -0.39 is 23.5 Å². The summed E-state index contributed by atoms with van der Waals surface area (Å²) in [6.07, 6.45) is -4.59. The summed E-state index contributed by atoms with van der Waals surface area (Å²) in [5.41, 5.74) is -1.03. The maximum Gasteiger partial charge on any atom is 0.416 e. The zero-order chi connectivity index (χ0) is 17.9. The van der Waals surface area contributed by atoms with Gasteiger partial charge in [0.05, 0.1) is 34.1 Å². The Morgan fingerprint density at radius 1 is 1.17 bits per heavy atom. The minimum atomic E-state index is -4.59. The van der Waals surface area contributed by atoms with Crippen LogP contribution in [0.5, 0.6) is 0 Å². The SMILES string of the molecule is CCOC(=O)c1ccc(C(F)(F)F)cc1Nc1ccc(F)cc1Cl. The molecule has 0 bridgehead atoms. The molecule has 24 heavy (non-hydrogen) atoms. The molecule has 0 amide bonds. The van der Waals surface area contributed by atoms with Crippen molar-refractivity contribution >= 4 is 28.9 Å². The summed E-state index contributed by atoms with van der Waals surface area (Å²) in [5.74, 6) is -1.38. The van der Waals surface area contributed by atoms with Gasteiger partial charge in [0.25, 0.3) is 0 Å². The molecule has 0 saturated heterocycles. The van der Waals surface area contributed by atoms with Gasteiger partial charge < -0.3 is 10.1 Å². The van der Waals surface area contributed by atoms with Crippen LogP contribution in [-0.4, -0.2) is 12.6 Å². The van der Waals surface area contributed by atoms with Gasteiger partial charge in [-0.1, -0.05) is 11.6 Å². The summed E-state index contributed by atoms with van der Waals surface area (Å²) in [6.45, 7) is 1.64. The highest BCUT2D eigenvalue weighted by molar-refractivity contribution is 6.33. The minimum absolute atomic E-state index is 0.0396. The van der Waals surface area contributed by atoms with E-state index in [2.05, 4.69) is 5.32 Å². The van der Waals surface area contributed by atoms with Crippen LogP contribution in [0.1, 0.15) is 22.8 Å². The van der Waals surface area contributed by atoms with Gasteiger partial charge in [0.2, 0.25) is 0 Å². The predicted octanol–water partition coefficient (Wildman–Crippen LogP) is 5.42. The number of alkyl halides is 3. The largest absolute Gasteiger partial charge is 0.462 e. The van der Waals surface area contributed by atoms with Crippen molar-refractivity contribution in [2.24, 2.45) is 0 Å². The standard InChI is InChI=1S/C16H12ClF4NO2/c1-2-24-15(23)11-5-3-9(16(19,20)21)7-14(11)22-13-6-4-10(18)8-12(13)17/h3-8,22H,2H2,1H3. The highest BCUT2D eigenvalue weighted by atomic mass is 35.5. The third-order valence-corrected chi connectivity index (χ3v) is 3.36. The first-order valence-electron chi connectivity index (χ1n) is 6.83. The number of hydrogen-bond donors (Lipinski definition) is 1. The number of hydrogen-bond acceptors (Lipinski definition) is 3. The summed E-state index contributed by atoms with van der Waals surface area (Å²) in [6, 6.07) is 5.91. The molecule has 0 atom stereocenters. The number of carbonyl (C=O) groups is 1. The molecule has 8 heteroatoms. The number of ether oxygens (including phenoxy) is 1. The Hall–Kier alpha value is -2.28. The first-order valence-corrected chi connectivity index (χ1v) is 7.20. The average Bonchev–Trinajstić information content (AvgIpc) is 2.49. The van der Waals surface area contributed by atoms with Gasteiger partial charge in [0.1, 0.15) is 5.82 Å². The van der Waals surface area contributed by atoms with Gasteiger partial charge in [-0.25, -0.2) is 9.18 Å². The summed E-state index contributed by atoms with van der Waals surface area (Å²) < 4.78 is 56.6. The molecule has 0 unspecified atom stereocenters. The van der Waals surface area contributed by atoms with E-state index in [-0.39, 0.29) is 28.6 Å². The predicted molar refractivity (Wildman–Crippen MR) is 82.1 cm³/mol. The van der Waals surface area contributed by atoms with Crippen LogP contribution in [-0.2, 0) is 10.9 Å². The van der Waals surface area contributed by atoms with E-state index >= 15 is 0 Å². The maximum absolute atomic E-state index is 13.1. The van der Waals surface area contributed by atoms with Crippen LogP contribution in [0, 0.1) is 5.82 Å². The molecule has 0 aliphatic rings. The molecule has 2 aromatic rings. The minimum Gasteiger partial charge on any atom is -0.462 e. The highest BCUT2D eigenvalue weighted by Gasteiger charge is 2.31. The molecule has 2 aromatic carbocycles. The number of esters is 1. The lowest BCUT2D eigenvalue weighted by Crippen LogP contribution is -2.11. The number of nitrogens with one attached hydrogen (secondary N) is 1. The van der Waals surface area contributed by atoms with E-state index in [1.54, 1.807) is 6.92 Å². The van der Waals surface area contributed by atoms with Crippen LogP contribution in [0.25, 0.3) is 0 Å². The Labute approximate surface area is 140 Å². The molecule has 0 aromatic heterocycles. The van der Waals surface area contributed by atoms with Crippen molar-refractivity contribution in [3.05, 3.63) is 58.4 Å². The molecule has 2 rings (SSSR count). The summed E-state index contributed by atoms with van der Waals surface area (Å²) >= 11 is 5.86. The monoisotopic (exact) mass is 361 g/mol. The van der Waals surface area contributed by atoms with E-state index in [1.165, 1.54) is 6.07 Å². The van der Waals surface area contributed by atoms with Crippen LogP contribution in [0.4, 0.5) is 28.9 Å². The van der Waals surface area contributed by atoms with E-state index in [4.69, 9.17) is 16.3 Å². The molecular formula is C16H12ClF4NO2. The average molecular weight is 362 g/mol. The molecule has 0 saturated carbocycles. The van der Waals surface area contributed by atoms with E-state index in [0.717, 1.165) is 30.3 Å². The Kier molecular flexibility index (Phi) is 5.33. The third kappa shape index (κ3) is 4.17. The molecule has 0 aliphatic heterocycles. The zero-order valence-corrected chi connectivity index (χ0v) is 13.1. The molecule has 0 aliphatic carbocycles. The number of carbonyl (C=O) groups excluding carboxylic acids is 1. The Balaban J connectivity index is 2.48. The molecule has 0 heterocycles. The van der Waals surface area contributed by atoms with Gasteiger partial charge in [-0.2, -0.15) is 13.2 Å². The third-order valence-electron chi connectivity index (χ3n) is 3.04. The molecule has 3 nitrogen and oxygen atoms in total.